The Morgan fingerprint density at radius 1 is 1.23 bits per heavy atom. The summed E-state index contributed by atoms with van der Waals surface area (Å²) in [6, 6.07) is 9.66. The van der Waals surface area contributed by atoms with Gasteiger partial charge in [-0.2, -0.15) is 0 Å². The van der Waals surface area contributed by atoms with E-state index in [0.717, 1.165) is 0 Å². The molecule has 0 bridgehead atoms. The number of anilines is 2. The molecule has 7 heteroatoms. The summed E-state index contributed by atoms with van der Waals surface area (Å²) in [6.07, 6.45) is 0.522. The van der Waals surface area contributed by atoms with Crippen molar-refractivity contribution in [2.75, 3.05) is 30.4 Å². The highest BCUT2D eigenvalue weighted by molar-refractivity contribution is 6.06. The summed E-state index contributed by atoms with van der Waals surface area (Å²) < 4.78 is 13.9. The second-order valence-electron chi connectivity index (χ2n) is 5.96. The highest BCUT2D eigenvalue weighted by Crippen LogP contribution is 2.41. The summed E-state index contributed by atoms with van der Waals surface area (Å²) in [5.74, 6) is -0.103. The number of fused-ring (bicyclic) bond motifs is 1. The van der Waals surface area contributed by atoms with Gasteiger partial charge in [-0.15, -0.1) is 0 Å². The summed E-state index contributed by atoms with van der Waals surface area (Å²) in [6.45, 7) is 1.96. The van der Waals surface area contributed by atoms with Crippen LogP contribution in [0.15, 0.2) is 42.6 Å². The third-order valence-electron chi connectivity index (χ3n) is 4.07. The molecule has 1 N–H and O–H groups in total. The van der Waals surface area contributed by atoms with Crippen LogP contribution in [0.5, 0.6) is 0 Å². The molecule has 0 spiro atoms. The van der Waals surface area contributed by atoms with Crippen molar-refractivity contribution in [3.05, 3.63) is 48.4 Å². The van der Waals surface area contributed by atoms with Gasteiger partial charge < -0.3 is 10.0 Å². The predicted octanol–water partition coefficient (Wildman–Crippen LogP) is 4.01. The van der Waals surface area contributed by atoms with E-state index in [9.17, 15) is 14.3 Å². The lowest BCUT2D eigenvalue weighted by molar-refractivity contribution is 0.202. The topological polar surface area (TPSA) is 69.6 Å². The number of hydrogen-bond acceptors (Lipinski definition) is 4. The first kappa shape index (κ1) is 17.6. The Morgan fingerprint density at radius 3 is 2.58 bits per heavy atom. The van der Waals surface area contributed by atoms with Crippen LogP contribution in [0.25, 0.3) is 22.2 Å². The number of pyridine rings is 2. The van der Waals surface area contributed by atoms with E-state index in [0.29, 0.717) is 27.8 Å². The van der Waals surface area contributed by atoms with E-state index < -0.39 is 6.09 Å². The quantitative estimate of drug-likeness (QED) is 0.767. The van der Waals surface area contributed by atoms with Gasteiger partial charge in [0, 0.05) is 32.2 Å². The number of aromatic nitrogens is 2. The minimum absolute atomic E-state index is 0.224. The molecular weight excluding hydrogens is 335 g/mol. The second-order valence-corrected chi connectivity index (χ2v) is 5.96. The van der Waals surface area contributed by atoms with Gasteiger partial charge in [-0.3, -0.25) is 9.88 Å². The lowest BCUT2D eigenvalue weighted by Crippen LogP contribution is -2.30. The molecular formula is C19H19FN4O2. The maximum absolute atomic E-state index is 13.9. The molecule has 6 nitrogen and oxygen atoms in total. The molecule has 1 amide bonds. The largest absolute Gasteiger partial charge is 0.465 e. The Kier molecular flexibility index (Phi) is 4.71. The van der Waals surface area contributed by atoms with Gasteiger partial charge in [0.05, 0.1) is 22.5 Å². The molecule has 0 saturated carbocycles. The van der Waals surface area contributed by atoms with Gasteiger partial charge in [-0.05, 0) is 37.3 Å². The first-order chi connectivity index (χ1) is 12.4. The Hall–Kier alpha value is -3.22. The highest BCUT2D eigenvalue weighted by atomic mass is 19.1. The maximum Gasteiger partial charge on any atom is 0.413 e. The van der Waals surface area contributed by atoms with Crippen LogP contribution in [0.4, 0.5) is 20.7 Å². The number of carbonyl (C=O) groups is 1. The van der Waals surface area contributed by atoms with Gasteiger partial charge in [0.2, 0.25) is 0 Å². The molecule has 3 rings (SSSR count). The lowest BCUT2D eigenvalue weighted by atomic mass is 10.0. The molecule has 2 heterocycles. The second kappa shape index (κ2) is 6.95. The number of hydrogen-bond donors (Lipinski definition) is 1. The van der Waals surface area contributed by atoms with Gasteiger partial charge in [0.15, 0.2) is 0 Å². The van der Waals surface area contributed by atoms with Crippen LogP contribution in [0.2, 0.25) is 0 Å². The van der Waals surface area contributed by atoms with Crippen LogP contribution in [-0.2, 0) is 0 Å². The van der Waals surface area contributed by atoms with Crippen LogP contribution in [0, 0.1) is 5.82 Å². The molecule has 0 unspecified atom stereocenters. The zero-order chi connectivity index (χ0) is 18.8. The summed E-state index contributed by atoms with van der Waals surface area (Å²) in [5, 5.41) is 10.2. The number of rotatable bonds is 4. The fourth-order valence-electron chi connectivity index (χ4n) is 2.99. The van der Waals surface area contributed by atoms with Crippen LogP contribution in [0.1, 0.15) is 6.92 Å². The molecule has 0 atom stereocenters. The van der Waals surface area contributed by atoms with E-state index >= 15 is 0 Å². The average molecular weight is 354 g/mol. The third kappa shape index (κ3) is 3.03. The molecule has 1 aromatic carbocycles. The summed E-state index contributed by atoms with van der Waals surface area (Å²) in [7, 11) is 3.65. The number of carboxylic acid groups (broad SMARTS) is 1. The summed E-state index contributed by atoms with van der Waals surface area (Å²) >= 11 is 0. The van der Waals surface area contributed by atoms with Crippen molar-refractivity contribution in [3.63, 3.8) is 0 Å². The number of benzene rings is 1. The van der Waals surface area contributed by atoms with E-state index in [1.807, 2.05) is 25.1 Å². The normalized spacial score (nSPS) is 10.8. The smallest absolute Gasteiger partial charge is 0.413 e. The lowest BCUT2D eigenvalue weighted by Gasteiger charge is -2.26. The Morgan fingerprint density at radius 2 is 2.00 bits per heavy atom. The summed E-state index contributed by atoms with van der Waals surface area (Å²) in [5.41, 5.74) is 2.31. The minimum Gasteiger partial charge on any atom is -0.465 e. The summed E-state index contributed by atoms with van der Waals surface area (Å²) in [4.78, 5) is 23.7. The standard InChI is InChI=1S/C19H19FN4O2/c1-4-24(19(25)26)18-16(15-7-5-6-10-21-15)17(23(2)3)13-11-12(20)8-9-14(13)22-18/h5-11H,4H2,1-3H3,(H,25,26). The zero-order valence-corrected chi connectivity index (χ0v) is 14.8. The first-order valence-electron chi connectivity index (χ1n) is 8.16. The van der Waals surface area contributed by atoms with Crippen molar-refractivity contribution in [2.45, 2.75) is 6.92 Å². The number of amides is 1. The average Bonchev–Trinajstić information content (AvgIpc) is 2.61. The van der Waals surface area contributed by atoms with E-state index in [2.05, 4.69) is 9.97 Å². The maximum atomic E-state index is 13.9. The third-order valence-corrected chi connectivity index (χ3v) is 4.07. The van der Waals surface area contributed by atoms with E-state index in [-0.39, 0.29) is 18.2 Å². The molecule has 0 aliphatic rings. The molecule has 26 heavy (non-hydrogen) atoms. The van der Waals surface area contributed by atoms with Gasteiger partial charge in [0.25, 0.3) is 0 Å². The molecule has 0 fully saturated rings. The van der Waals surface area contributed by atoms with Gasteiger partial charge in [0.1, 0.15) is 11.6 Å². The predicted molar refractivity (Wildman–Crippen MR) is 100 cm³/mol. The van der Waals surface area contributed by atoms with Crippen LogP contribution in [0.3, 0.4) is 0 Å². The van der Waals surface area contributed by atoms with E-state index in [1.54, 1.807) is 31.3 Å². The van der Waals surface area contributed by atoms with Crippen molar-refractivity contribution in [1.29, 1.82) is 0 Å². The first-order valence-corrected chi connectivity index (χ1v) is 8.16. The molecule has 0 aliphatic carbocycles. The monoisotopic (exact) mass is 354 g/mol. The van der Waals surface area contributed by atoms with Gasteiger partial charge >= 0.3 is 6.09 Å². The van der Waals surface area contributed by atoms with Crippen molar-refractivity contribution < 1.29 is 14.3 Å². The van der Waals surface area contributed by atoms with E-state index in [1.165, 1.54) is 17.0 Å². The van der Waals surface area contributed by atoms with Gasteiger partial charge in [-0.1, -0.05) is 6.07 Å². The van der Waals surface area contributed by atoms with Crippen molar-refractivity contribution in [3.8, 4) is 11.3 Å². The SMILES string of the molecule is CCN(C(=O)O)c1nc2ccc(F)cc2c(N(C)C)c1-c1ccccn1. The molecule has 3 aromatic rings. The van der Waals surface area contributed by atoms with Crippen LogP contribution < -0.4 is 9.80 Å². The highest BCUT2D eigenvalue weighted by Gasteiger charge is 2.25. The fourth-order valence-corrected chi connectivity index (χ4v) is 2.99. The van der Waals surface area contributed by atoms with Crippen LogP contribution >= 0.6 is 0 Å². The Bertz CT molecular complexity index is 961. The molecule has 134 valence electrons. The molecule has 0 saturated heterocycles. The Labute approximate surface area is 150 Å². The molecule has 0 radical (unpaired) electrons. The molecule has 0 aliphatic heterocycles. The zero-order valence-electron chi connectivity index (χ0n) is 14.8. The van der Waals surface area contributed by atoms with Crippen molar-refractivity contribution >= 4 is 28.5 Å². The minimum atomic E-state index is -1.11. The number of halogens is 1. The van der Waals surface area contributed by atoms with Crippen molar-refractivity contribution in [1.82, 2.24) is 9.97 Å². The van der Waals surface area contributed by atoms with Crippen molar-refractivity contribution in [2.24, 2.45) is 0 Å². The molecule has 2 aromatic heterocycles. The number of nitrogens with zero attached hydrogens (tertiary/aromatic N) is 4. The van der Waals surface area contributed by atoms with E-state index in [4.69, 9.17) is 0 Å². The van der Waals surface area contributed by atoms with Gasteiger partial charge in [-0.25, -0.2) is 14.2 Å². The van der Waals surface area contributed by atoms with Crippen LogP contribution in [-0.4, -0.2) is 41.8 Å². The fraction of sp³-hybridized carbons (Fsp3) is 0.211. The Balaban J connectivity index is 2.49.